The molecule has 0 aliphatic carbocycles. The lowest BCUT2D eigenvalue weighted by Crippen LogP contribution is -2.58. The standard InChI is InChI=1S/C27H33N3O2/c1-3-18-14-20-11-13-30-24(16-23-21(27(30)32)10-7-12-28-23)25(20)22(15-18)26(31)29-17(2)19-8-5-4-6-9-19/h4-6,8-9,14-15,17,21,23-24,28H,3,7,10-13,16H2,1-2H3,(H,29,31)/t17-,21-,23-,24+/m1/s1. The van der Waals surface area contributed by atoms with Gasteiger partial charge in [0.1, 0.15) is 0 Å². The summed E-state index contributed by atoms with van der Waals surface area (Å²) in [5.41, 5.74) is 5.34. The van der Waals surface area contributed by atoms with Crippen molar-refractivity contribution in [3.05, 3.63) is 70.3 Å². The molecular weight excluding hydrogens is 398 g/mol. The van der Waals surface area contributed by atoms with E-state index in [2.05, 4.69) is 34.6 Å². The highest BCUT2D eigenvalue weighted by Gasteiger charge is 2.46. The summed E-state index contributed by atoms with van der Waals surface area (Å²) >= 11 is 0. The largest absolute Gasteiger partial charge is 0.346 e. The summed E-state index contributed by atoms with van der Waals surface area (Å²) in [6, 6.07) is 14.5. The normalized spacial score (nSPS) is 25.4. The summed E-state index contributed by atoms with van der Waals surface area (Å²) in [5.74, 6) is 0.320. The Hall–Kier alpha value is -2.66. The fourth-order valence-corrected chi connectivity index (χ4v) is 5.88. The van der Waals surface area contributed by atoms with Gasteiger partial charge in [-0.1, -0.05) is 43.3 Å². The first-order chi connectivity index (χ1) is 15.6. The van der Waals surface area contributed by atoms with Crippen LogP contribution in [0.25, 0.3) is 0 Å². The van der Waals surface area contributed by atoms with Crippen molar-refractivity contribution in [2.24, 2.45) is 5.92 Å². The average molecular weight is 432 g/mol. The Balaban J connectivity index is 1.50. The van der Waals surface area contributed by atoms with Crippen LogP contribution in [0.5, 0.6) is 0 Å². The molecule has 4 atom stereocenters. The predicted octanol–water partition coefficient (Wildman–Crippen LogP) is 3.94. The van der Waals surface area contributed by atoms with Gasteiger partial charge in [-0.3, -0.25) is 9.59 Å². The number of aryl methyl sites for hydroxylation is 1. The number of piperidine rings is 2. The maximum atomic E-state index is 13.6. The number of nitrogens with one attached hydrogen (secondary N) is 2. The van der Waals surface area contributed by atoms with Crippen molar-refractivity contribution in [2.75, 3.05) is 13.1 Å². The second-order valence-corrected chi connectivity index (χ2v) is 9.52. The highest BCUT2D eigenvalue weighted by Crippen LogP contribution is 2.43. The summed E-state index contributed by atoms with van der Waals surface area (Å²) in [5, 5.41) is 6.81. The van der Waals surface area contributed by atoms with Gasteiger partial charge in [0.15, 0.2) is 0 Å². The van der Waals surface area contributed by atoms with Gasteiger partial charge in [-0.25, -0.2) is 0 Å². The molecule has 0 spiro atoms. The number of hydrogen-bond acceptors (Lipinski definition) is 3. The lowest BCUT2D eigenvalue weighted by Gasteiger charge is -2.49. The first kappa shape index (κ1) is 21.2. The van der Waals surface area contributed by atoms with Crippen molar-refractivity contribution in [1.29, 1.82) is 0 Å². The zero-order chi connectivity index (χ0) is 22.2. The molecule has 2 saturated heterocycles. The van der Waals surface area contributed by atoms with Gasteiger partial charge < -0.3 is 15.5 Å². The fraction of sp³-hybridized carbons (Fsp3) is 0.481. The fourth-order valence-electron chi connectivity index (χ4n) is 5.88. The van der Waals surface area contributed by atoms with E-state index < -0.39 is 0 Å². The van der Waals surface area contributed by atoms with Gasteiger partial charge in [-0.15, -0.1) is 0 Å². The summed E-state index contributed by atoms with van der Waals surface area (Å²) in [6.07, 6.45) is 4.64. The molecule has 5 nitrogen and oxygen atoms in total. The van der Waals surface area contributed by atoms with E-state index in [1.54, 1.807) is 0 Å². The lowest BCUT2D eigenvalue weighted by atomic mass is 9.75. The third kappa shape index (κ3) is 3.73. The third-order valence-corrected chi connectivity index (χ3v) is 7.62. The number of benzene rings is 2. The van der Waals surface area contributed by atoms with Crippen LogP contribution >= 0.6 is 0 Å². The van der Waals surface area contributed by atoms with Crippen LogP contribution in [0.15, 0.2) is 42.5 Å². The zero-order valence-electron chi connectivity index (χ0n) is 19.1. The molecular formula is C27H33N3O2. The van der Waals surface area contributed by atoms with E-state index in [1.807, 2.05) is 37.3 Å². The summed E-state index contributed by atoms with van der Waals surface area (Å²) in [6.45, 7) is 5.89. The van der Waals surface area contributed by atoms with E-state index in [9.17, 15) is 9.59 Å². The quantitative estimate of drug-likeness (QED) is 0.771. The second-order valence-electron chi connectivity index (χ2n) is 9.52. The Kier molecular flexibility index (Phi) is 5.76. The highest BCUT2D eigenvalue weighted by molar-refractivity contribution is 5.97. The molecule has 0 radical (unpaired) electrons. The molecule has 168 valence electrons. The lowest BCUT2D eigenvalue weighted by molar-refractivity contribution is -0.145. The summed E-state index contributed by atoms with van der Waals surface area (Å²) in [4.78, 5) is 29.0. The maximum absolute atomic E-state index is 13.6. The van der Waals surface area contributed by atoms with Crippen molar-refractivity contribution in [2.45, 2.75) is 64.1 Å². The van der Waals surface area contributed by atoms with Crippen molar-refractivity contribution in [1.82, 2.24) is 15.5 Å². The van der Waals surface area contributed by atoms with Crippen LogP contribution in [0.4, 0.5) is 0 Å². The molecule has 0 unspecified atom stereocenters. The number of carbonyl (C=O) groups is 2. The van der Waals surface area contributed by atoms with Gasteiger partial charge in [0.2, 0.25) is 5.91 Å². The first-order valence-electron chi connectivity index (χ1n) is 12.1. The van der Waals surface area contributed by atoms with Gasteiger partial charge >= 0.3 is 0 Å². The average Bonchev–Trinajstić information content (AvgIpc) is 2.83. The molecule has 5 heteroatoms. The molecule has 5 rings (SSSR count). The molecule has 3 heterocycles. The minimum atomic E-state index is -0.0818. The predicted molar refractivity (Wildman–Crippen MR) is 125 cm³/mol. The molecule has 2 fully saturated rings. The Bertz CT molecular complexity index is 1020. The molecule has 2 aromatic rings. The van der Waals surface area contributed by atoms with E-state index in [0.717, 1.165) is 61.9 Å². The smallest absolute Gasteiger partial charge is 0.252 e. The summed E-state index contributed by atoms with van der Waals surface area (Å²) in [7, 11) is 0. The van der Waals surface area contributed by atoms with E-state index >= 15 is 0 Å². The minimum Gasteiger partial charge on any atom is -0.346 e. The number of nitrogens with zero attached hydrogens (tertiary/aromatic N) is 1. The van der Waals surface area contributed by atoms with Crippen LogP contribution in [0.3, 0.4) is 0 Å². The van der Waals surface area contributed by atoms with Crippen molar-refractivity contribution < 1.29 is 9.59 Å². The van der Waals surface area contributed by atoms with Crippen molar-refractivity contribution >= 4 is 11.8 Å². The first-order valence-corrected chi connectivity index (χ1v) is 12.1. The Morgan fingerprint density at radius 2 is 2.06 bits per heavy atom. The monoisotopic (exact) mass is 431 g/mol. The van der Waals surface area contributed by atoms with E-state index in [1.165, 1.54) is 11.1 Å². The van der Waals surface area contributed by atoms with Crippen LogP contribution in [0.1, 0.15) is 77.8 Å². The van der Waals surface area contributed by atoms with E-state index in [4.69, 9.17) is 0 Å². The Labute approximate surface area is 190 Å². The van der Waals surface area contributed by atoms with Crippen LogP contribution in [-0.4, -0.2) is 35.8 Å². The van der Waals surface area contributed by atoms with Crippen LogP contribution in [-0.2, 0) is 17.6 Å². The summed E-state index contributed by atoms with van der Waals surface area (Å²) < 4.78 is 0. The van der Waals surface area contributed by atoms with Crippen LogP contribution in [0, 0.1) is 5.92 Å². The van der Waals surface area contributed by atoms with Gasteiger partial charge in [0.05, 0.1) is 18.0 Å². The van der Waals surface area contributed by atoms with Crippen molar-refractivity contribution in [3.8, 4) is 0 Å². The number of carbonyl (C=O) groups excluding carboxylic acids is 2. The van der Waals surface area contributed by atoms with Gasteiger partial charge in [-0.05, 0) is 73.9 Å². The molecule has 2 aromatic carbocycles. The molecule has 32 heavy (non-hydrogen) atoms. The topological polar surface area (TPSA) is 61.4 Å². The Morgan fingerprint density at radius 1 is 1.25 bits per heavy atom. The molecule has 0 bridgehead atoms. The van der Waals surface area contributed by atoms with Crippen molar-refractivity contribution in [3.63, 3.8) is 0 Å². The molecule has 2 N–H and O–H groups in total. The number of hydrogen-bond donors (Lipinski definition) is 2. The molecule has 2 amide bonds. The molecule has 3 aliphatic rings. The molecule has 3 aliphatic heterocycles. The van der Waals surface area contributed by atoms with Gasteiger partial charge in [0, 0.05) is 18.2 Å². The highest BCUT2D eigenvalue weighted by atomic mass is 16.2. The Morgan fingerprint density at radius 3 is 2.84 bits per heavy atom. The molecule has 0 saturated carbocycles. The number of rotatable bonds is 4. The maximum Gasteiger partial charge on any atom is 0.252 e. The van der Waals surface area contributed by atoms with E-state index in [-0.39, 0.29) is 35.9 Å². The number of amides is 2. The molecule has 0 aromatic heterocycles. The van der Waals surface area contributed by atoms with Crippen LogP contribution < -0.4 is 10.6 Å². The van der Waals surface area contributed by atoms with Gasteiger partial charge in [0.25, 0.3) is 5.91 Å². The minimum absolute atomic E-state index is 0.0169. The van der Waals surface area contributed by atoms with E-state index in [0.29, 0.717) is 0 Å². The zero-order valence-corrected chi connectivity index (χ0v) is 19.1. The second kappa shape index (κ2) is 8.70. The van der Waals surface area contributed by atoms with Gasteiger partial charge in [-0.2, -0.15) is 0 Å². The third-order valence-electron chi connectivity index (χ3n) is 7.62. The SMILES string of the molecule is CCc1cc2c(c(C(=O)N[C@H](C)c3ccccc3)c1)[C@@H]1C[C@H]3NCCC[C@H]3C(=O)N1CC2. The van der Waals surface area contributed by atoms with Crippen LogP contribution in [0.2, 0.25) is 0 Å². The number of fused-ring (bicyclic) bond motifs is 4.